The van der Waals surface area contributed by atoms with Gasteiger partial charge in [0, 0.05) is 3.57 Å². The molecular formula is C17H9F3IN3O4S. The second-order valence-electron chi connectivity index (χ2n) is 6.58. The molecule has 0 saturated heterocycles. The van der Waals surface area contributed by atoms with Crippen molar-refractivity contribution in [3.05, 3.63) is 56.1 Å². The fourth-order valence-corrected chi connectivity index (χ4v) is 5.51. The van der Waals surface area contributed by atoms with Gasteiger partial charge in [0.25, 0.3) is 0 Å². The molecule has 0 bridgehead atoms. The van der Waals surface area contributed by atoms with Crippen LogP contribution in [0.2, 0.25) is 0 Å². The van der Waals surface area contributed by atoms with Crippen molar-refractivity contribution in [3.8, 4) is 5.69 Å². The molecule has 0 radical (unpaired) electrons. The van der Waals surface area contributed by atoms with Crippen molar-refractivity contribution in [2.45, 2.75) is 18.1 Å². The topological polar surface area (TPSA) is 87.1 Å². The molecule has 0 atom stereocenters. The zero-order valence-corrected chi connectivity index (χ0v) is 17.2. The summed E-state index contributed by atoms with van der Waals surface area (Å²) in [6.45, 7) is 0. The Bertz CT molecular complexity index is 1500. The first-order valence-electron chi connectivity index (χ1n) is 8.31. The predicted octanol–water partition coefficient (Wildman–Crippen LogP) is 3.30. The van der Waals surface area contributed by atoms with Crippen LogP contribution in [-0.2, 0) is 10.0 Å². The number of benzene rings is 2. The third-order valence-corrected chi connectivity index (χ3v) is 7.59. The summed E-state index contributed by atoms with van der Waals surface area (Å²) in [7, 11) is -4.25. The standard InChI is InChI=1S/C17H9F3IN3O4S/c18-9-5-7(21)1-4-10(9)23-14-12(20)11(19)13-16(28-6-22-13)15(14)24(17(23)25)29(26,27)8-2-3-8/h1,4-6,8H,2-3H2. The van der Waals surface area contributed by atoms with Crippen LogP contribution in [0.15, 0.2) is 33.8 Å². The van der Waals surface area contributed by atoms with Gasteiger partial charge in [-0.25, -0.2) is 31.4 Å². The lowest BCUT2D eigenvalue weighted by Gasteiger charge is -2.06. The van der Waals surface area contributed by atoms with Gasteiger partial charge in [0.15, 0.2) is 29.1 Å². The summed E-state index contributed by atoms with van der Waals surface area (Å²) in [5, 5.41) is -0.841. The summed E-state index contributed by atoms with van der Waals surface area (Å²) in [5.74, 6) is -3.86. The molecule has 2 heterocycles. The zero-order chi connectivity index (χ0) is 20.7. The Balaban J connectivity index is 2.06. The van der Waals surface area contributed by atoms with Crippen molar-refractivity contribution in [3.63, 3.8) is 0 Å². The van der Waals surface area contributed by atoms with Crippen LogP contribution >= 0.6 is 22.6 Å². The summed E-state index contributed by atoms with van der Waals surface area (Å²) in [4.78, 5) is 16.7. The summed E-state index contributed by atoms with van der Waals surface area (Å²) < 4.78 is 76.6. The largest absolute Gasteiger partial charge is 0.441 e. The van der Waals surface area contributed by atoms with Crippen LogP contribution < -0.4 is 5.69 Å². The van der Waals surface area contributed by atoms with E-state index in [4.69, 9.17) is 4.42 Å². The second-order valence-corrected chi connectivity index (χ2v) is 9.89. The molecule has 0 aliphatic heterocycles. The highest BCUT2D eigenvalue weighted by molar-refractivity contribution is 14.1. The summed E-state index contributed by atoms with van der Waals surface area (Å²) in [6.07, 6.45) is 1.46. The van der Waals surface area contributed by atoms with E-state index in [1.54, 1.807) is 0 Å². The SMILES string of the molecule is O=c1n(-c2ccc(I)cc2F)c2c(F)c(F)c3ncoc3c2n1S(=O)(=O)C1CC1. The highest BCUT2D eigenvalue weighted by atomic mass is 127. The third-order valence-electron chi connectivity index (χ3n) is 4.76. The normalized spacial score (nSPS) is 14.9. The fraction of sp³-hybridized carbons (Fsp3) is 0.176. The molecule has 5 rings (SSSR count). The summed E-state index contributed by atoms with van der Waals surface area (Å²) in [5.41, 5.74) is -3.87. The van der Waals surface area contributed by atoms with Crippen LogP contribution in [0.1, 0.15) is 12.8 Å². The van der Waals surface area contributed by atoms with E-state index in [1.807, 2.05) is 22.6 Å². The highest BCUT2D eigenvalue weighted by Crippen LogP contribution is 2.36. The van der Waals surface area contributed by atoms with E-state index in [1.165, 1.54) is 12.1 Å². The Morgan fingerprint density at radius 1 is 1.14 bits per heavy atom. The third kappa shape index (κ3) is 2.51. The number of oxazole rings is 1. The minimum absolute atomic E-state index is 0.322. The van der Waals surface area contributed by atoms with Crippen molar-refractivity contribution in [2.24, 2.45) is 0 Å². The van der Waals surface area contributed by atoms with Crippen LogP contribution in [0.3, 0.4) is 0 Å². The molecule has 0 N–H and O–H groups in total. The molecule has 0 amide bonds. The molecular weight excluding hydrogens is 526 g/mol. The minimum Gasteiger partial charge on any atom is -0.441 e. The molecule has 2 aromatic carbocycles. The summed E-state index contributed by atoms with van der Waals surface area (Å²) in [6, 6.07) is 3.72. The monoisotopic (exact) mass is 535 g/mol. The van der Waals surface area contributed by atoms with Crippen LogP contribution in [0.4, 0.5) is 13.2 Å². The first-order chi connectivity index (χ1) is 13.7. The van der Waals surface area contributed by atoms with Crippen molar-refractivity contribution < 1.29 is 26.0 Å². The Hall–Kier alpha value is -2.35. The molecule has 29 heavy (non-hydrogen) atoms. The molecule has 7 nitrogen and oxygen atoms in total. The number of rotatable bonds is 3. The van der Waals surface area contributed by atoms with Gasteiger partial charge in [0.1, 0.15) is 16.9 Å². The average molecular weight is 535 g/mol. The Labute approximate surface area is 173 Å². The molecule has 150 valence electrons. The number of halogens is 4. The lowest BCUT2D eigenvalue weighted by molar-refractivity contribution is 0.519. The maximum Gasteiger partial charge on any atom is 0.348 e. The van der Waals surface area contributed by atoms with E-state index in [0.717, 1.165) is 12.5 Å². The predicted molar refractivity (Wildman–Crippen MR) is 105 cm³/mol. The number of hydrogen-bond donors (Lipinski definition) is 0. The number of nitrogens with zero attached hydrogens (tertiary/aromatic N) is 3. The van der Waals surface area contributed by atoms with Gasteiger partial charge in [-0.2, -0.15) is 3.97 Å². The lowest BCUT2D eigenvalue weighted by atomic mass is 10.2. The van der Waals surface area contributed by atoms with Gasteiger partial charge >= 0.3 is 5.69 Å². The zero-order valence-electron chi connectivity index (χ0n) is 14.2. The molecule has 0 unspecified atom stereocenters. The molecule has 1 aliphatic rings. The van der Waals surface area contributed by atoms with E-state index < -0.39 is 66.2 Å². The molecule has 4 aromatic rings. The first-order valence-corrected chi connectivity index (χ1v) is 10.9. The molecule has 1 fully saturated rings. The van der Waals surface area contributed by atoms with Gasteiger partial charge in [-0.3, -0.25) is 4.57 Å². The van der Waals surface area contributed by atoms with Gasteiger partial charge in [-0.1, -0.05) is 0 Å². The Morgan fingerprint density at radius 2 is 1.86 bits per heavy atom. The quantitative estimate of drug-likeness (QED) is 0.376. The minimum atomic E-state index is -4.25. The molecule has 1 saturated carbocycles. The molecule has 0 spiro atoms. The Kier molecular flexibility index (Phi) is 3.91. The van der Waals surface area contributed by atoms with Crippen molar-refractivity contribution in [2.75, 3.05) is 0 Å². The van der Waals surface area contributed by atoms with Gasteiger partial charge in [-0.15, -0.1) is 0 Å². The van der Waals surface area contributed by atoms with Crippen LogP contribution in [-0.4, -0.2) is 27.2 Å². The van der Waals surface area contributed by atoms with Crippen molar-refractivity contribution in [1.82, 2.24) is 13.5 Å². The maximum absolute atomic E-state index is 15.0. The van der Waals surface area contributed by atoms with Gasteiger partial charge < -0.3 is 4.42 Å². The van der Waals surface area contributed by atoms with E-state index >= 15 is 4.39 Å². The van der Waals surface area contributed by atoms with E-state index in [0.29, 0.717) is 25.0 Å². The van der Waals surface area contributed by atoms with Gasteiger partial charge in [-0.05, 0) is 53.6 Å². The number of imidazole rings is 1. The van der Waals surface area contributed by atoms with Gasteiger partial charge in [0.05, 0.1) is 10.9 Å². The molecule has 12 heteroatoms. The molecule has 2 aromatic heterocycles. The van der Waals surface area contributed by atoms with Gasteiger partial charge in [0.2, 0.25) is 10.0 Å². The number of aromatic nitrogens is 3. The highest BCUT2D eigenvalue weighted by Gasteiger charge is 2.41. The number of fused-ring (bicyclic) bond motifs is 3. The van der Waals surface area contributed by atoms with E-state index in [9.17, 15) is 22.0 Å². The lowest BCUT2D eigenvalue weighted by Crippen LogP contribution is -2.31. The maximum atomic E-state index is 15.0. The Morgan fingerprint density at radius 3 is 2.52 bits per heavy atom. The van der Waals surface area contributed by atoms with E-state index in [-0.39, 0.29) is 0 Å². The second kappa shape index (κ2) is 6.08. The van der Waals surface area contributed by atoms with Crippen LogP contribution in [0.5, 0.6) is 0 Å². The van der Waals surface area contributed by atoms with Crippen molar-refractivity contribution in [1.29, 1.82) is 0 Å². The summed E-state index contributed by atoms with van der Waals surface area (Å²) >= 11 is 1.84. The average Bonchev–Trinajstić information content (AvgIpc) is 3.33. The van der Waals surface area contributed by atoms with Crippen LogP contribution in [0.25, 0.3) is 27.8 Å². The van der Waals surface area contributed by atoms with E-state index in [2.05, 4.69) is 4.98 Å². The smallest absolute Gasteiger partial charge is 0.348 e. The number of hydrogen-bond acceptors (Lipinski definition) is 5. The first kappa shape index (κ1) is 18.7. The van der Waals surface area contributed by atoms with Crippen LogP contribution in [0, 0.1) is 21.0 Å². The molecule has 1 aliphatic carbocycles. The van der Waals surface area contributed by atoms with Crippen molar-refractivity contribution >= 4 is 54.7 Å². The fourth-order valence-electron chi connectivity index (χ4n) is 3.30.